The minimum atomic E-state index is -5.02. The molecule has 1 N–H and O–H groups in total. The molecule has 3 heterocycles. The molecule has 0 aliphatic carbocycles. The first-order chi connectivity index (χ1) is 19.0. The van der Waals surface area contributed by atoms with E-state index in [-0.39, 0.29) is 34.3 Å². The second-order valence-corrected chi connectivity index (χ2v) is 8.49. The van der Waals surface area contributed by atoms with E-state index in [1.807, 2.05) is 0 Å². The molecule has 14 heteroatoms. The average Bonchev–Trinajstić information content (AvgIpc) is 3.27. The molecule has 0 radical (unpaired) electrons. The summed E-state index contributed by atoms with van der Waals surface area (Å²) >= 11 is 0. The highest BCUT2D eigenvalue weighted by molar-refractivity contribution is 6.03. The molecule has 10 nitrogen and oxygen atoms in total. The minimum Gasteiger partial charge on any atom is -0.435 e. The average molecular weight is 554 g/mol. The van der Waals surface area contributed by atoms with Gasteiger partial charge in [0.1, 0.15) is 17.7 Å². The first kappa shape index (κ1) is 26.3. The van der Waals surface area contributed by atoms with E-state index < -0.39 is 29.4 Å². The summed E-state index contributed by atoms with van der Waals surface area (Å²) in [7, 11) is 1.79. The molecule has 5 aromatic rings. The van der Waals surface area contributed by atoms with Crippen LogP contribution in [-0.4, -0.2) is 36.6 Å². The lowest BCUT2D eigenvalue weighted by Gasteiger charge is -2.15. The molecule has 1 amide bonds. The summed E-state index contributed by atoms with van der Waals surface area (Å²) in [6.07, 6.45) is -1.99. The number of halogens is 4. The molecule has 3 aromatic heterocycles. The number of fused-ring (bicyclic) bond motifs is 1. The Labute approximate surface area is 222 Å². The number of aromatic nitrogens is 5. The predicted octanol–water partition coefficient (Wildman–Crippen LogP) is 4.90. The summed E-state index contributed by atoms with van der Waals surface area (Å²) in [6.45, 7) is 1.43. The van der Waals surface area contributed by atoms with Gasteiger partial charge in [0.15, 0.2) is 23.0 Å². The number of ether oxygens (including phenoxy) is 2. The zero-order chi connectivity index (χ0) is 28.6. The summed E-state index contributed by atoms with van der Waals surface area (Å²) in [5.41, 5.74) is -0.646. The van der Waals surface area contributed by atoms with Crippen molar-refractivity contribution >= 4 is 22.6 Å². The van der Waals surface area contributed by atoms with Crippen molar-refractivity contribution in [3.05, 3.63) is 94.5 Å². The van der Waals surface area contributed by atoms with Gasteiger partial charge in [-0.05, 0) is 42.8 Å². The monoisotopic (exact) mass is 554 g/mol. The Morgan fingerprint density at radius 1 is 1.02 bits per heavy atom. The Bertz CT molecular complexity index is 1820. The van der Waals surface area contributed by atoms with Gasteiger partial charge in [-0.2, -0.15) is 9.78 Å². The molecule has 0 spiro atoms. The van der Waals surface area contributed by atoms with Gasteiger partial charge in [0, 0.05) is 31.1 Å². The second kappa shape index (κ2) is 10.1. The number of para-hydroxylation sites is 2. The van der Waals surface area contributed by atoms with E-state index in [0.717, 1.165) is 18.2 Å². The molecular formula is C26H18F4N6O4. The Morgan fingerprint density at radius 2 is 1.80 bits per heavy atom. The number of rotatable bonds is 6. The minimum absolute atomic E-state index is 0.0298. The largest absolute Gasteiger partial charge is 0.573 e. The van der Waals surface area contributed by atoms with Gasteiger partial charge in [-0.25, -0.2) is 14.4 Å². The Morgan fingerprint density at radius 3 is 2.55 bits per heavy atom. The number of nitrogens with one attached hydrogen (secondary N) is 1. The number of benzene rings is 2. The topological polar surface area (TPSA) is 113 Å². The van der Waals surface area contributed by atoms with Crippen LogP contribution in [0, 0.1) is 12.7 Å². The molecule has 0 saturated heterocycles. The number of anilines is 1. The van der Waals surface area contributed by atoms with Crippen molar-refractivity contribution in [2.75, 3.05) is 5.32 Å². The number of hydrogen-bond acceptors (Lipinski definition) is 7. The van der Waals surface area contributed by atoms with Crippen molar-refractivity contribution in [1.29, 1.82) is 0 Å². The number of alkyl halides is 3. The highest BCUT2D eigenvalue weighted by Crippen LogP contribution is 2.31. The third kappa shape index (κ3) is 5.32. The molecule has 5 rings (SSSR count). The van der Waals surface area contributed by atoms with E-state index in [4.69, 9.17) is 4.74 Å². The maximum Gasteiger partial charge on any atom is 0.573 e. The maximum atomic E-state index is 14.9. The van der Waals surface area contributed by atoms with E-state index >= 15 is 0 Å². The maximum absolute atomic E-state index is 14.9. The molecule has 40 heavy (non-hydrogen) atoms. The highest BCUT2D eigenvalue weighted by Gasteiger charge is 2.32. The summed E-state index contributed by atoms with van der Waals surface area (Å²) in [5, 5.41) is 7.00. The van der Waals surface area contributed by atoms with Crippen molar-refractivity contribution in [3.8, 4) is 23.1 Å². The van der Waals surface area contributed by atoms with E-state index in [2.05, 4.69) is 25.1 Å². The lowest BCUT2D eigenvalue weighted by Crippen LogP contribution is -2.28. The van der Waals surface area contributed by atoms with Gasteiger partial charge in [0.25, 0.3) is 11.5 Å². The van der Waals surface area contributed by atoms with Gasteiger partial charge in [-0.3, -0.25) is 9.59 Å². The molecule has 0 aliphatic heterocycles. The number of nitrogens with zero attached hydrogens (tertiary/aromatic N) is 5. The standard InChI is InChI=1S/C26H18F4N6O4/c1-14-11-21(37)36(18-5-3-4-6-20(18)40-26(28,29)30)34-22(14)24(38)33-15-7-8-19(17(27)12-15)39-25-16-9-10-35(2)23(16)31-13-32-25/h3-13H,1-2H3,(H,33,38). The van der Waals surface area contributed by atoms with Crippen LogP contribution in [0.4, 0.5) is 23.2 Å². The molecule has 0 unspecified atom stereocenters. The number of hydrogen-bond donors (Lipinski definition) is 1. The van der Waals surface area contributed by atoms with Crippen LogP contribution in [0.25, 0.3) is 16.7 Å². The van der Waals surface area contributed by atoms with E-state index in [1.54, 1.807) is 23.9 Å². The fraction of sp³-hybridized carbons (Fsp3) is 0.115. The molecule has 204 valence electrons. The van der Waals surface area contributed by atoms with Gasteiger partial charge in [-0.1, -0.05) is 12.1 Å². The van der Waals surface area contributed by atoms with Crippen LogP contribution in [-0.2, 0) is 7.05 Å². The van der Waals surface area contributed by atoms with Crippen molar-refractivity contribution in [2.24, 2.45) is 7.05 Å². The second-order valence-electron chi connectivity index (χ2n) is 8.49. The fourth-order valence-corrected chi connectivity index (χ4v) is 3.87. The van der Waals surface area contributed by atoms with Crippen molar-refractivity contribution < 1.29 is 31.8 Å². The van der Waals surface area contributed by atoms with Crippen LogP contribution in [0.3, 0.4) is 0 Å². The molecule has 0 saturated carbocycles. The highest BCUT2D eigenvalue weighted by atomic mass is 19.4. The molecular weight excluding hydrogens is 536 g/mol. The Kier molecular flexibility index (Phi) is 6.67. The van der Waals surface area contributed by atoms with E-state index in [1.165, 1.54) is 43.6 Å². The predicted molar refractivity (Wildman–Crippen MR) is 134 cm³/mol. The molecule has 0 aliphatic rings. The van der Waals surface area contributed by atoms with Gasteiger partial charge < -0.3 is 19.4 Å². The Hall–Kier alpha value is -5.27. The number of amides is 1. The van der Waals surface area contributed by atoms with E-state index in [9.17, 15) is 27.2 Å². The van der Waals surface area contributed by atoms with Gasteiger partial charge in [-0.15, -0.1) is 13.2 Å². The molecule has 2 aromatic carbocycles. The smallest absolute Gasteiger partial charge is 0.435 e. The van der Waals surface area contributed by atoms with Crippen LogP contribution in [0.1, 0.15) is 16.1 Å². The van der Waals surface area contributed by atoms with Crippen molar-refractivity contribution in [3.63, 3.8) is 0 Å². The fourth-order valence-electron chi connectivity index (χ4n) is 3.87. The van der Waals surface area contributed by atoms with Gasteiger partial charge >= 0.3 is 6.36 Å². The zero-order valence-electron chi connectivity index (χ0n) is 20.7. The molecule has 0 bridgehead atoms. The third-order valence-corrected chi connectivity index (χ3v) is 5.68. The summed E-state index contributed by atoms with van der Waals surface area (Å²) in [6, 6.07) is 11.3. The first-order valence-electron chi connectivity index (χ1n) is 11.5. The van der Waals surface area contributed by atoms with Crippen LogP contribution in [0.5, 0.6) is 17.4 Å². The lowest BCUT2D eigenvalue weighted by molar-refractivity contribution is -0.274. The number of carbonyl (C=O) groups excluding carboxylic acids is 1. The summed E-state index contributed by atoms with van der Waals surface area (Å²) < 4.78 is 65.5. The number of carbonyl (C=O) groups is 1. The van der Waals surface area contributed by atoms with Crippen molar-refractivity contribution in [1.82, 2.24) is 24.3 Å². The van der Waals surface area contributed by atoms with Crippen molar-refractivity contribution in [2.45, 2.75) is 13.3 Å². The quantitative estimate of drug-likeness (QED) is 0.297. The SMILES string of the molecule is Cc1cc(=O)n(-c2ccccc2OC(F)(F)F)nc1C(=O)Nc1ccc(Oc2ncnc3c2ccn3C)c(F)c1. The lowest BCUT2D eigenvalue weighted by atomic mass is 10.2. The normalized spacial score (nSPS) is 11.4. The molecule has 0 fully saturated rings. The summed E-state index contributed by atoms with van der Waals surface area (Å²) in [4.78, 5) is 33.8. The molecule has 0 atom stereocenters. The van der Waals surface area contributed by atoms with Crippen LogP contribution in [0.2, 0.25) is 0 Å². The van der Waals surface area contributed by atoms with Crippen LogP contribution < -0.4 is 20.3 Å². The van der Waals surface area contributed by atoms with Gasteiger partial charge in [0.2, 0.25) is 5.88 Å². The van der Waals surface area contributed by atoms with Gasteiger partial charge in [0.05, 0.1) is 5.39 Å². The van der Waals surface area contributed by atoms with E-state index in [0.29, 0.717) is 15.7 Å². The zero-order valence-corrected chi connectivity index (χ0v) is 20.7. The first-order valence-corrected chi connectivity index (χ1v) is 11.5. The van der Waals surface area contributed by atoms with Crippen LogP contribution >= 0.6 is 0 Å². The third-order valence-electron chi connectivity index (χ3n) is 5.68. The Balaban J connectivity index is 1.40. The van der Waals surface area contributed by atoms with Crippen LogP contribution in [0.15, 0.2) is 71.9 Å². The number of aryl methyl sites for hydroxylation is 2. The summed E-state index contributed by atoms with van der Waals surface area (Å²) in [5.74, 6) is -2.36.